The third kappa shape index (κ3) is 2.33. The highest BCUT2D eigenvalue weighted by atomic mass is 127. The standard InChI is InChI=1S/C15H20IN/c16-12-4-6-13(7-5-12)17-14-8-11-15(14)9-2-1-3-10-15/h4-7,14,17H,1-3,8-11H2. The molecule has 2 aliphatic carbocycles. The number of hydrogen-bond donors (Lipinski definition) is 1. The molecule has 1 N–H and O–H groups in total. The van der Waals surface area contributed by atoms with Crippen LogP contribution in [0.4, 0.5) is 5.69 Å². The summed E-state index contributed by atoms with van der Waals surface area (Å²) in [4.78, 5) is 0. The van der Waals surface area contributed by atoms with Crippen molar-refractivity contribution >= 4 is 28.3 Å². The van der Waals surface area contributed by atoms with Gasteiger partial charge in [-0.1, -0.05) is 19.3 Å². The molecular formula is C15H20IN. The molecule has 1 aromatic rings. The van der Waals surface area contributed by atoms with Crippen LogP contribution in [0, 0.1) is 8.99 Å². The molecule has 2 heteroatoms. The summed E-state index contributed by atoms with van der Waals surface area (Å²) < 4.78 is 1.31. The first-order valence-corrected chi connectivity index (χ1v) is 7.89. The fraction of sp³-hybridized carbons (Fsp3) is 0.600. The minimum Gasteiger partial charge on any atom is -0.382 e. The fourth-order valence-corrected chi connectivity index (χ4v) is 3.88. The van der Waals surface area contributed by atoms with Gasteiger partial charge in [-0.15, -0.1) is 0 Å². The van der Waals surface area contributed by atoms with E-state index in [0.717, 1.165) is 6.04 Å². The SMILES string of the molecule is Ic1ccc(NC2CCC23CCCCC3)cc1. The summed E-state index contributed by atoms with van der Waals surface area (Å²) in [5.41, 5.74) is 1.96. The maximum absolute atomic E-state index is 3.76. The lowest BCUT2D eigenvalue weighted by atomic mass is 9.57. The molecule has 1 unspecified atom stereocenters. The van der Waals surface area contributed by atoms with Gasteiger partial charge in [0.1, 0.15) is 0 Å². The molecule has 92 valence electrons. The van der Waals surface area contributed by atoms with Crippen molar-refractivity contribution in [3.05, 3.63) is 27.8 Å². The summed E-state index contributed by atoms with van der Waals surface area (Å²) in [6, 6.07) is 9.56. The van der Waals surface area contributed by atoms with Gasteiger partial charge < -0.3 is 5.32 Å². The molecule has 2 saturated carbocycles. The van der Waals surface area contributed by atoms with E-state index in [2.05, 4.69) is 52.2 Å². The Morgan fingerprint density at radius 1 is 1.00 bits per heavy atom. The predicted octanol–water partition coefficient (Wildman–Crippen LogP) is 4.82. The quantitative estimate of drug-likeness (QED) is 0.761. The van der Waals surface area contributed by atoms with E-state index in [9.17, 15) is 0 Å². The van der Waals surface area contributed by atoms with Gasteiger partial charge in [0, 0.05) is 15.3 Å². The lowest BCUT2D eigenvalue weighted by Crippen LogP contribution is -2.50. The topological polar surface area (TPSA) is 12.0 Å². The highest BCUT2D eigenvalue weighted by Crippen LogP contribution is 2.52. The normalized spacial score (nSPS) is 26.5. The molecule has 0 radical (unpaired) electrons. The van der Waals surface area contributed by atoms with E-state index >= 15 is 0 Å². The van der Waals surface area contributed by atoms with E-state index in [1.54, 1.807) is 0 Å². The Morgan fingerprint density at radius 2 is 1.71 bits per heavy atom. The van der Waals surface area contributed by atoms with Crippen LogP contribution < -0.4 is 5.32 Å². The summed E-state index contributed by atoms with van der Waals surface area (Å²) in [5.74, 6) is 0. The van der Waals surface area contributed by atoms with Gasteiger partial charge in [0.15, 0.2) is 0 Å². The molecule has 2 fully saturated rings. The number of hydrogen-bond acceptors (Lipinski definition) is 1. The second-order valence-corrected chi connectivity index (χ2v) is 6.91. The second-order valence-electron chi connectivity index (χ2n) is 5.67. The Labute approximate surface area is 118 Å². The Bertz CT molecular complexity index is 378. The van der Waals surface area contributed by atoms with Crippen molar-refractivity contribution in [3.63, 3.8) is 0 Å². The van der Waals surface area contributed by atoms with Crippen molar-refractivity contribution in [1.29, 1.82) is 0 Å². The molecule has 17 heavy (non-hydrogen) atoms. The minimum absolute atomic E-state index is 0.654. The Morgan fingerprint density at radius 3 is 2.29 bits per heavy atom. The highest BCUT2D eigenvalue weighted by molar-refractivity contribution is 14.1. The van der Waals surface area contributed by atoms with Crippen LogP contribution in [-0.4, -0.2) is 6.04 Å². The Balaban J connectivity index is 1.67. The molecule has 3 rings (SSSR count). The second kappa shape index (κ2) is 4.79. The maximum atomic E-state index is 3.76. The van der Waals surface area contributed by atoms with Crippen molar-refractivity contribution in [3.8, 4) is 0 Å². The largest absolute Gasteiger partial charge is 0.382 e. The zero-order valence-electron chi connectivity index (χ0n) is 10.2. The van der Waals surface area contributed by atoms with Crippen LogP contribution in [-0.2, 0) is 0 Å². The molecule has 0 bridgehead atoms. The lowest BCUT2D eigenvalue weighted by molar-refractivity contribution is 0.0571. The first-order chi connectivity index (χ1) is 8.28. The van der Waals surface area contributed by atoms with E-state index in [0.29, 0.717) is 5.41 Å². The number of benzene rings is 1. The third-order valence-electron chi connectivity index (χ3n) is 4.70. The molecule has 0 heterocycles. The summed E-state index contributed by atoms with van der Waals surface area (Å²) in [7, 11) is 0. The van der Waals surface area contributed by atoms with Crippen molar-refractivity contribution < 1.29 is 0 Å². The van der Waals surface area contributed by atoms with Crippen LogP contribution >= 0.6 is 22.6 Å². The van der Waals surface area contributed by atoms with Crippen LogP contribution in [0.2, 0.25) is 0 Å². The average Bonchev–Trinajstić information content (AvgIpc) is 2.38. The molecule has 1 atom stereocenters. The van der Waals surface area contributed by atoms with Gasteiger partial charge in [0.25, 0.3) is 0 Å². The first kappa shape index (κ1) is 11.8. The zero-order valence-corrected chi connectivity index (χ0v) is 12.4. The number of anilines is 1. The fourth-order valence-electron chi connectivity index (χ4n) is 3.52. The van der Waals surface area contributed by atoms with E-state index in [4.69, 9.17) is 0 Å². The monoisotopic (exact) mass is 341 g/mol. The molecule has 0 aliphatic heterocycles. The molecule has 0 amide bonds. The maximum Gasteiger partial charge on any atom is 0.0343 e. The molecule has 1 nitrogen and oxygen atoms in total. The van der Waals surface area contributed by atoms with Gasteiger partial charge in [-0.25, -0.2) is 0 Å². The van der Waals surface area contributed by atoms with Crippen LogP contribution in [0.25, 0.3) is 0 Å². The predicted molar refractivity (Wildman–Crippen MR) is 81.3 cm³/mol. The van der Waals surface area contributed by atoms with E-state index in [-0.39, 0.29) is 0 Å². The minimum atomic E-state index is 0.654. The first-order valence-electron chi connectivity index (χ1n) is 6.81. The molecular weight excluding hydrogens is 321 g/mol. The number of halogens is 1. The highest BCUT2D eigenvalue weighted by Gasteiger charge is 2.46. The Kier molecular flexibility index (Phi) is 3.33. The summed E-state index contributed by atoms with van der Waals surface area (Å²) >= 11 is 2.36. The van der Waals surface area contributed by atoms with Gasteiger partial charge in [0.2, 0.25) is 0 Å². The van der Waals surface area contributed by atoms with Gasteiger partial charge in [-0.05, 0) is 78.0 Å². The van der Waals surface area contributed by atoms with Gasteiger partial charge in [-0.3, -0.25) is 0 Å². The van der Waals surface area contributed by atoms with Gasteiger partial charge >= 0.3 is 0 Å². The van der Waals surface area contributed by atoms with Crippen LogP contribution in [0.5, 0.6) is 0 Å². The molecule has 1 spiro atoms. The van der Waals surface area contributed by atoms with Gasteiger partial charge in [0.05, 0.1) is 0 Å². The summed E-state index contributed by atoms with van der Waals surface area (Å²) in [6.45, 7) is 0. The summed E-state index contributed by atoms with van der Waals surface area (Å²) in [6.07, 6.45) is 10.1. The lowest BCUT2D eigenvalue weighted by Gasteiger charge is -2.52. The van der Waals surface area contributed by atoms with E-state index < -0.39 is 0 Å². The van der Waals surface area contributed by atoms with Crippen LogP contribution in [0.1, 0.15) is 44.9 Å². The van der Waals surface area contributed by atoms with Crippen molar-refractivity contribution in [2.75, 3.05) is 5.32 Å². The van der Waals surface area contributed by atoms with Crippen LogP contribution in [0.3, 0.4) is 0 Å². The smallest absolute Gasteiger partial charge is 0.0343 e. The van der Waals surface area contributed by atoms with Crippen LogP contribution in [0.15, 0.2) is 24.3 Å². The van der Waals surface area contributed by atoms with Crippen molar-refractivity contribution in [2.45, 2.75) is 51.0 Å². The third-order valence-corrected chi connectivity index (χ3v) is 5.42. The van der Waals surface area contributed by atoms with E-state index in [1.165, 1.54) is 54.2 Å². The number of rotatable bonds is 2. The Hall–Kier alpha value is -0.250. The van der Waals surface area contributed by atoms with Gasteiger partial charge in [-0.2, -0.15) is 0 Å². The van der Waals surface area contributed by atoms with E-state index in [1.807, 2.05) is 0 Å². The molecule has 2 aliphatic rings. The molecule has 1 aromatic carbocycles. The van der Waals surface area contributed by atoms with Crippen molar-refractivity contribution in [2.24, 2.45) is 5.41 Å². The summed E-state index contributed by atoms with van der Waals surface area (Å²) in [5, 5.41) is 3.76. The molecule has 0 saturated heterocycles. The average molecular weight is 341 g/mol. The zero-order chi connectivity index (χ0) is 11.7. The van der Waals surface area contributed by atoms with Crippen molar-refractivity contribution in [1.82, 2.24) is 0 Å². The molecule has 0 aromatic heterocycles. The number of nitrogens with one attached hydrogen (secondary N) is 1.